The first-order valence-electron chi connectivity index (χ1n) is 10.1. The van der Waals surface area contributed by atoms with E-state index in [0.29, 0.717) is 27.8 Å². The highest BCUT2D eigenvalue weighted by atomic mass is 32.1. The Bertz CT molecular complexity index is 1440. The van der Waals surface area contributed by atoms with Gasteiger partial charge in [0.1, 0.15) is 0 Å². The number of carbonyl (C=O) groups excluding carboxylic acids is 1. The molecule has 8 nitrogen and oxygen atoms in total. The van der Waals surface area contributed by atoms with Gasteiger partial charge >= 0.3 is 0 Å². The number of thiazole rings is 1. The molecule has 4 aromatic rings. The molecular formula is C24H17N5O3S. The Morgan fingerprint density at radius 1 is 1.06 bits per heavy atom. The third-order valence-corrected chi connectivity index (χ3v) is 6.01. The van der Waals surface area contributed by atoms with Crippen molar-refractivity contribution >= 4 is 39.9 Å². The molecule has 3 heterocycles. The lowest BCUT2D eigenvalue weighted by Gasteiger charge is -2.08. The largest absolute Gasteiger partial charge is 0.317 e. The predicted molar refractivity (Wildman–Crippen MR) is 129 cm³/mol. The first kappa shape index (κ1) is 20.5. The third-order valence-electron chi connectivity index (χ3n) is 5.20. The number of anilines is 1. The number of hydrogen-bond donors (Lipinski definition) is 0. The molecule has 162 valence electrons. The van der Waals surface area contributed by atoms with Gasteiger partial charge in [-0.25, -0.2) is 4.98 Å². The van der Waals surface area contributed by atoms with E-state index in [2.05, 4.69) is 10.1 Å². The van der Waals surface area contributed by atoms with E-state index in [1.54, 1.807) is 35.9 Å². The number of carbonyl (C=O) groups is 1. The summed E-state index contributed by atoms with van der Waals surface area (Å²) < 4.78 is 1.79. The van der Waals surface area contributed by atoms with E-state index in [1.165, 1.54) is 28.5 Å². The Morgan fingerprint density at radius 3 is 2.67 bits per heavy atom. The monoisotopic (exact) mass is 455 g/mol. The van der Waals surface area contributed by atoms with E-state index in [9.17, 15) is 14.9 Å². The Hall–Kier alpha value is -4.37. The summed E-state index contributed by atoms with van der Waals surface area (Å²) in [5.41, 5.74) is 4.11. The van der Waals surface area contributed by atoms with Crippen molar-refractivity contribution in [3.8, 4) is 16.9 Å². The van der Waals surface area contributed by atoms with Crippen LogP contribution in [0.2, 0.25) is 0 Å². The average Bonchev–Trinajstić information content (AvgIpc) is 3.56. The van der Waals surface area contributed by atoms with E-state index in [4.69, 9.17) is 0 Å². The summed E-state index contributed by atoms with van der Waals surface area (Å²) in [5.74, 6) is -0.270. The van der Waals surface area contributed by atoms with Crippen molar-refractivity contribution in [1.82, 2.24) is 9.55 Å². The van der Waals surface area contributed by atoms with Gasteiger partial charge in [0.05, 0.1) is 27.6 Å². The molecule has 0 atom stereocenters. The molecule has 5 rings (SSSR count). The molecule has 0 radical (unpaired) electrons. The van der Waals surface area contributed by atoms with Gasteiger partial charge in [-0.2, -0.15) is 10.1 Å². The normalized spacial score (nSPS) is 14.7. The summed E-state index contributed by atoms with van der Waals surface area (Å²) in [6.07, 6.45) is 3.54. The lowest BCUT2D eigenvalue weighted by atomic mass is 10.1. The molecule has 0 saturated carbocycles. The number of nitro groups is 1. The van der Waals surface area contributed by atoms with Crippen LogP contribution in [0.15, 0.2) is 89.0 Å². The van der Waals surface area contributed by atoms with Crippen LogP contribution in [-0.2, 0) is 4.79 Å². The van der Waals surface area contributed by atoms with Crippen LogP contribution in [0.25, 0.3) is 23.0 Å². The summed E-state index contributed by atoms with van der Waals surface area (Å²) in [7, 11) is 0. The molecule has 0 aliphatic carbocycles. The van der Waals surface area contributed by atoms with Crippen LogP contribution in [0.4, 0.5) is 10.8 Å². The van der Waals surface area contributed by atoms with Crippen LogP contribution in [0.1, 0.15) is 12.6 Å². The maximum Gasteiger partial charge on any atom is 0.282 e. The second-order valence-corrected chi connectivity index (χ2v) is 8.16. The number of hydrogen-bond acceptors (Lipinski definition) is 6. The van der Waals surface area contributed by atoms with Crippen molar-refractivity contribution in [1.29, 1.82) is 0 Å². The Balaban J connectivity index is 1.45. The van der Waals surface area contributed by atoms with Crippen molar-refractivity contribution in [2.24, 2.45) is 5.10 Å². The second-order valence-electron chi connectivity index (χ2n) is 7.32. The number of hydrazone groups is 1. The average molecular weight is 455 g/mol. The molecule has 9 heteroatoms. The van der Waals surface area contributed by atoms with Crippen molar-refractivity contribution in [3.05, 3.63) is 99.7 Å². The summed E-state index contributed by atoms with van der Waals surface area (Å²) in [5, 5.41) is 19.3. The standard InChI is InChI=1S/C24H17N5O3S/c1-16-21(14-19-11-6-12-27(19)18-9-5-10-20(13-18)29(31)32)23(30)28(26-16)24-25-22(15-33-24)17-7-3-2-4-8-17/h2-15H,1H3. The Kier molecular flexibility index (Phi) is 5.15. The molecule has 0 fully saturated rings. The first-order chi connectivity index (χ1) is 16.0. The molecule has 0 bridgehead atoms. The predicted octanol–water partition coefficient (Wildman–Crippen LogP) is 5.32. The fourth-order valence-corrected chi connectivity index (χ4v) is 4.35. The molecule has 2 aromatic carbocycles. The molecule has 1 aliphatic rings. The van der Waals surface area contributed by atoms with Gasteiger partial charge in [-0.3, -0.25) is 14.9 Å². The minimum absolute atomic E-state index is 0.00125. The zero-order valence-corrected chi connectivity index (χ0v) is 18.3. The number of nitrogens with zero attached hydrogens (tertiary/aromatic N) is 5. The van der Waals surface area contributed by atoms with E-state index in [-0.39, 0.29) is 11.6 Å². The van der Waals surface area contributed by atoms with Crippen molar-refractivity contribution < 1.29 is 9.72 Å². The number of rotatable bonds is 5. The van der Waals surface area contributed by atoms with Gasteiger partial charge < -0.3 is 4.57 Å². The van der Waals surface area contributed by atoms with Crippen LogP contribution in [0.3, 0.4) is 0 Å². The van der Waals surface area contributed by atoms with Crippen molar-refractivity contribution in [2.75, 3.05) is 5.01 Å². The maximum atomic E-state index is 13.2. The van der Waals surface area contributed by atoms with E-state index in [1.807, 2.05) is 47.8 Å². The molecule has 0 saturated heterocycles. The van der Waals surface area contributed by atoms with E-state index >= 15 is 0 Å². The van der Waals surface area contributed by atoms with Gasteiger partial charge in [0.2, 0.25) is 5.13 Å². The van der Waals surface area contributed by atoms with E-state index < -0.39 is 4.92 Å². The maximum absolute atomic E-state index is 13.2. The molecule has 0 N–H and O–H groups in total. The topological polar surface area (TPSA) is 93.6 Å². The minimum Gasteiger partial charge on any atom is -0.317 e. The molecular weight excluding hydrogens is 438 g/mol. The van der Waals surface area contributed by atoms with Crippen LogP contribution in [0, 0.1) is 10.1 Å². The minimum atomic E-state index is -0.432. The van der Waals surface area contributed by atoms with Gasteiger partial charge in [0.15, 0.2) is 0 Å². The van der Waals surface area contributed by atoms with Gasteiger partial charge in [-0.1, -0.05) is 36.4 Å². The van der Waals surface area contributed by atoms with E-state index in [0.717, 1.165) is 11.3 Å². The quantitative estimate of drug-likeness (QED) is 0.231. The number of aromatic nitrogens is 2. The number of benzene rings is 2. The molecule has 0 unspecified atom stereocenters. The highest BCUT2D eigenvalue weighted by Crippen LogP contribution is 2.31. The first-order valence-corrected chi connectivity index (χ1v) is 10.9. The number of nitro benzene ring substituents is 1. The summed E-state index contributed by atoms with van der Waals surface area (Å²) in [6.45, 7) is 1.77. The van der Waals surface area contributed by atoms with Crippen molar-refractivity contribution in [2.45, 2.75) is 6.92 Å². The van der Waals surface area contributed by atoms with Crippen LogP contribution in [-0.4, -0.2) is 26.1 Å². The third kappa shape index (κ3) is 3.85. The fourth-order valence-electron chi connectivity index (χ4n) is 3.57. The number of amides is 1. The fraction of sp³-hybridized carbons (Fsp3) is 0.0417. The van der Waals surface area contributed by atoms with Gasteiger partial charge in [0, 0.05) is 35.0 Å². The number of non-ortho nitro benzene ring substituents is 1. The van der Waals surface area contributed by atoms with Crippen LogP contribution < -0.4 is 5.01 Å². The van der Waals surface area contributed by atoms with Crippen LogP contribution in [0.5, 0.6) is 0 Å². The highest BCUT2D eigenvalue weighted by molar-refractivity contribution is 7.14. The zero-order valence-electron chi connectivity index (χ0n) is 17.5. The molecule has 33 heavy (non-hydrogen) atoms. The lowest BCUT2D eigenvalue weighted by molar-refractivity contribution is -0.384. The molecule has 2 aromatic heterocycles. The smallest absolute Gasteiger partial charge is 0.282 e. The SMILES string of the molecule is CC1=NN(c2nc(-c3ccccc3)cs2)C(=O)C1=Cc1cccn1-c1cccc([N+](=O)[O-])c1. The highest BCUT2D eigenvalue weighted by Gasteiger charge is 2.31. The Morgan fingerprint density at radius 2 is 1.88 bits per heavy atom. The second kappa shape index (κ2) is 8.29. The Labute approximate surface area is 192 Å². The van der Waals surface area contributed by atoms with Gasteiger partial charge in [-0.15, -0.1) is 11.3 Å². The van der Waals surface area contributed by atoms with Gasteiger partial charge in [0.25, 0.3) is 11.6 Å². The van der Waals surface area contributed by atoms with Crippen molar-refractivity contribution in [3.63, 3.8) is 0 Å². The summed E-state index contributed by atoms with van der Waals surface area (Å²) in [6, 6.07) is 19.8. The summed E-state index contributed by atoms with van der Waals surface area (Å²) in [4.78, 5) is 28.5. The van der Waals surface area contributed by atoms with Gasteiger partial charge in [-0.05, 0) is 31.2 Å². The lowest BCUT2D eigenvalue weighted by Crippen LogP contribution is -2.21. The summed E-state index contributed by atoms with van der Waals surface area (Å²) >= 11 is 1.35. The molecule has 1 aliphatic heterocycles. The molecule has 0 spiro atoms. The zero-order chi connectivity index (χ0) is 22.9. The molecule has 1 amide bonds. The van der Waals surface area contributed by atoms with Crippen LogP contribution >= 0.6 is 11.3 Å².